The molecule has 0 saturated carbocycles. The molecule has 1 heterocycles. The summed E-state index contributed by atoms with van der Waals surface area (Å²) < 4.78 is 13.1. The van der Waals surface area contributed by atoms with Crippen molar-refractivity contribution < 1.29 is 9.50 Å². The van der Waals surface area contributed by atoms with Crippen LogP contribution in [0.15, 0.2) is 0 Å². The minimum atomic E-state index is -0.919. The zero-order valence-corrected chi connectivity index (χ0v) is 6.39. The first kappa shape index (κ1) is 7.95. The molecule has 2 atom stereocenters. The van der Waals surface area contributed by atoms with Gasteiger partial charge in [0.25, 0.3) is 0 Å². The van der Waals surface area contributed by atoms with Crippen molar-refractivity contribution in [2.75, 3.05) is 13.2 Å². The van der Waals surface area contributed by atoms with Crippen LogP contribution in [0.5, 0.6) is 0 Å². The van der Waals surface area contributed by atoms with Crippen molar-refractivity contribution in [3.05, 3.63) is 0 Å². The van der Waals surface area contributed by atoms with Crippen LogP contribution in [-0.4, -0.2) is 30.0 Å². The van der Waals surface area contributed by atoms with E-state index >= 15 is 0 Å². The predicted octanol–water partition coefficient (Wildman–Crippen LogP) is 0.315. The zero-order valence-electron chi connectivity index (χ0n) is 6.39. The molecule has 0 aromatic heterocycles. The van der Waals surface area contributed by atoms with E-state index in [1.807, 2.05) is 13.8 Å². The standard InChI is InChI=1S/C7H14FNO/c1-7(2)6(8)5(4-10)3-9-7/h5-6,9-10H,3-4H2,1-2H3. The molecular weight excluding hydrogens is 133 g/mol. The Bertz CT molecular complexity index is 127. The van der Waals surface area contributed by atoms with Crippen LogP contribution in [0.2, 0.25) is 0 Å². The van der Waals surface area contributed by atoms with E-state index in [1.165, 1.54) is 0 Å². The molecule has 1 fully saturated rings. The Morgan fingerprint density at radius 3 is 2.50 bits per heavy atom. The second-order valence-corrected chi connectivity index (χ2v) is 3.45. The first-order valence-corrected chi connectivity index (χ1v) is 3.58. The Kier molecular flexibility index (Phi) is 1.97. The first-order chi connectivity index (χ1) is 4.58. The van der Waals surface area contributed by atoms with Crippen LogP contribution in [0.4, 0.5) is 4.39 Å². The highest BCUT2D eigenvalue weighted by atomic mass is 19.1. The number of hydrogen-bond donors (Lipinski definition) is 2. The SMILES string of the molecule is CC1(C)NCC(CO)C1F. The van der Waals surface area contributed by atoms with Gasteiger partial charge in [-0.05, 0) is 13.8 Å². The number of alkyl halides is 1. The Morgan fingerprint density at radius 1 is 1.70 bits per heavy atom. The van der Waals surface area contributed by atoms with E-state index in [0.29, 0.717) is 6.54 Å². The average molecular weight is 147 g/mol. The molecule has 0 radical (unpaired) electrons. The number of aliphatic hydroxyl groups is 1. The molecule has 3 heteroatoms. The van der Waals surface area contributed by atoms with E-state index in [4.69, 9.17) is 5.11 Å². The molecule has 0 bridgehead atoms. The highest BCUT2D eigenvalue weighted by Gasteiger charge is 2.41. The molecule has 0 spiro atoms. The van der Waals surface area contributed by atoms with Gasteiger partial charge in [0.1, 0.15) is 6.17 Å². The topological polar surface area (TPSA) is 32.3 Å². The normalized spacial score (nSPS) is 38.4. The van der Waals surface area contributed by atoms with Crippen LogP contribution in [0.1, 0.15) is 13.8 Å². The van der Waals surface area contributed by atoms with Gasteiger partial charge in [-0.3, -0.25) is 0 Å². The van der Waals surface area contributed by atoms with Crippen LogP contribution in [-0.2, 0) is 0 Å². The van der Waals surface area contributed by atoms with Crippen LogP contribution < -0.4 is 5.32 Å². The predicted molar refractivity (Wildman–Crippen MR) is 37.6 cm³/mol. The molecule has 1 aliphatic rings. The minimum absolute atomic E-state index is 0.0579. The van der Waals surface area contributed by atoms with Crippen LogP contribution in [0.3, 0.4) is 0 Å². The number of rotatable bonds is 1. The van der Waals surface area contributed by atoms with Gasteiger partial charge in [0.05, 0.1) is 0 Å². The summed E-state index contributed by atoms with van der Waals surface area (Å²) in [5, 5.41) is 11.7. The van der Waals surface area contributed by atoms with E-state index in [9.17, 15) is 4.39 Å². The lowest BCUT2D eigenvalue weighted by molar-refractivity contribution is 0.137. The minimum Gasteiger partial charge on any atom is -0.396 e. The summed E-state index contributed by atoms with van der Waals surface area (Å²) in [6.07, 6.45) is -0.919. The third-order valence-corrected chi connectivity index (χ3v) is 2.16. The molecule has 1 rings (SSSR count). The number of halogens is 1. The first-order valence-electron chi connectivity index (χ1n) is 3.58. The Hall–Kier alpha value is -0.150. The van der Waals surface area contributed by atoms with E-state index in [0.717, 1.165) is 0 Å². The van der Waals surface area contributed by atoms with E-state index in [2.05, 4.69) is 5.32 Å². The number of aliphatic hydroxyl groups excluding tert-OH is 1. The summed E-state index contributed by atoms with van der Waals surface area (Å²) in [5.74, 6) is -0.213. The van der Waals surface area contributed by atoms with E-state index in [1.54, 1.807) is 0 Å². The van der Waals surface area contributed by atoms with Gasteiger partial charge in [-0.25, -0.2) is 4.39 Å². The molecule has 2 N–H and O–H groups in total. The lowest BCUT2D eigenvalue weighted by Gasteiger charge is -2.21. The molecule has 60 valence electrons. The largest absolute Gasteiger partial charge is 0.396 e. The molecule has 0 aliphatic carbocycles. The van der Waals surface area contributed by atoms with Gasteiger partial charge in [-0.2, -0.15) is 0 Å². The second-order valence-electron chi connectivity index (χ2n) is 3.45. The summed E-state index contributed by atoms with van der Waals surface area (Å²) in [7, 11) is 0. The van der Waals surface area contributed by atoms with Gasteiger partial charge in [0.2, 0.25) is 0 Å². The fourth-order valence-electron chi connectivity index (χ4n) is 1.34. The van der Waals surface area contributed by atoms with E-state index in [-0.39, 0.29) is 12.5 Å². The monoisotopic (exact) mass is 147 g/mol. The maximum atomic E-state index is 13.1. The fourth-order valence-corrected chi connectivity index (χ4v) is 1.34. The Labute approximate surface area is 60.4 Å². The lowest BCUT2D eigenvalue weighted by Crippen LogP contribution is -2.40. The summed E-state index contributed by atoms with van der Waals surface area (Å²) in [4.78, 5) is 0. The number of nitrogens with one attached hydrogen (secondary N) is 1. The summed E-state index contributed by atoms with van der Waals surface area (Å²) in [5.41, 5.74) is -0.451. The summed E-state index contributed by atoms with van der Waals surface area (Å²) in [6, 6.07) is 0. The van der Waals surface area contributed by atoms with Crippen molar-refractivity contribution in [1.29, 1.82) is 0 Å². The third kappa shape index (κ3) is 1.16. The molecule has 2 nitrogen and oxygen atoms in total. The van der Waals surface area contributed by atoms with Crippen molar-refractivity contribution in [3.8, 4) is 0 Å². The van der Waals surface area contributed by atoms with Gasteiger partial charge < -0.3 is 10.4 Å². The second kappa shape index (κ2) is 2.47. The smallest absolute Gasteiger partial charge is 0.124 e. The van der Waals surface area contributed by atoms with Crippen molar-refractivity contribution in [3.63, 3.8) is 0 Å². The Morgan fingerprint density at radius 2 is 2.30 bits per heavy atom. The summed E-state index contributed by atoms with van der Waals surface area (Å²) in [6.45, 7) is 4.16. The summed E-state index contributed by atoms with van der Waals surface area (Å²) >= 11 is 0. The maximum absolute atomic E-state index is 13.1. The molecular formula is C7H14FNO. The van der Waals surface area contributed by atoms with Crippen molar-refractivity contribution in [2.45, 2.75) is 25.6 Å². The van der Waals surface area contributed by atoms with Gasteiger partial charge in [0, 0.05) is 24.6 Å². The zero-order chi connectivity index (χ0) is 7.78. The molecule has 1 saturated heterocycles. The lowest BCUT2D eigenvalue weighted by atomic mass is 9.95. The molecule has 1 aliphatic heterocycles. The van der Waals surface area contributed by atoms with Gasteiger partial charge >= 0.3 is 0 Å². The number of hydrogen-bond acceptors (Lipinski definition) is 2. The molecule has 0 aromatic rings. The molecule has 0 aromatic carbocycles. The van der Waals surface area contributed by atoms with Crippen LogP contribution >= 0.6 is 0 Å². The van der Waals surface area contributed by atoms with E-state index < -0.39 is 11.7 Å². The molecule has 2 unspecified atom stereocenters. The molecule has 0 amide bonds. The third-order valence-electron chi connectivity index (χ3n) is 2.16. The van der Waals surface area contributed by atoms with Crippen molar-refractivity contribution in [1.82, 2.24) is 5.32 Å². The van der Waals surface area contributed by atoms with Gasteiger partial charge in [-0.1, -0.05) is 0 Å². The van der Waals surface area contributed by atoms with Crippen LogP contribution in [0.25, 0.3) is 0 Å². The van der Waals surface area contributed by atoms with Crippen molar-refractivity contribution in [2.24, 2.45) is 5.92 Å². The quantitative estimate of drug-likeness (QED) is 0.559. The highest BCUT2D eigenvalue weighted by molar-refractivity contribution is 4.97. The maximum Gasteiger partial charge on any atom is 0.124 e. The average Bonchev–Trinajstić information content (AvgIpc) is 2.10. The Balaban J connectivity index is 2.58. The highest BCUT2D eigenvalue weighted by Crippen LogP contribution is 2.26. The fraction of sp³-hybridized carbons (Fsp3) is 1.00. The van der Waals surface area contributed by atoms with Gasteiger partial charge in [0.15, 0.2) is 0 Å². The van der Waals surface area contributed by atoms with Crippen molar-refractivity contribution >= 4 is 0 Å². The van der Waals surface area contributed by atoms with Gasteiger partial charge in [-0.15, -0.1) is 0 Å². The van der Waals surface area contributed by atoms with Crippen LogP contribution in [0, 0.1) is 5.92 Å². The molecule has 10 heavy (non-hydrogen) atoms.